The van der Waals surface area contributed by atoms with Crippen LogP contribution in [0.4, 0.5) is 4.39 Å². The van der Waals surface area contributed by atoms with Crippen LogP contribution in [-0.4, -0.2) is 60.5 Å². The highest BCUT2D eigenvalue weighted by molar-refractivity contribution is 6.33. The molecule has 138 valence electrons. The molecule has 2 aliphatic rings. The van der Waals surface area contributed by atoms with Gasteiger partial charge in [-0.1, -0.05) is 11.6 Å². The van der Waals surface area contributed by atoms with E-state index in [1.807, 2.05) is 0 Å². The number of carbonyl (C=O) groups excluding carboxylic acids is 1. The molecule has 0 spiro atoms. The standard InChI is InChI=1S/C18H23ClFNO4/c1-24-18-5-4-13(25-9-8-22)11-16(18)21(7-6-18)17(23)14-10-12(20)2-3-15(14)19/h2-3,10,13,16,22H,4-9,11H2,1H3/t13-,16-,18+/m0/s1. The highest BCUT2D eigenvalue weighted by Gasteiger charge is 2.52. The van der Waals surface area contributed by atoms with E-state index in [2.05, 4.69) is 0 Å². The summed E-state index contributed by atoms with van der Waals surface area (Å²) in [6.45, 7) is 0.788. The maximum atomic E-state index is 13.6. The molecule has 1 saturated heterocycles. The van der Waals surface area contributed by atoms with Gasteiger partial charge in [0.2, 0.25) is 0 Å². The van der Waals surface area contributed by atoms with E-state index >= 15 is 0 Å². The summed E-state index contributed by atoms with van der Waals surface area (Å²) in [5.41, 5.74) is -0.221. The van der Waals surface area contributed by atoms with Crippen molar-refractivity contribution in [2.24, 2.45) is 0 Å². The SMILES string of the molecule is CO[C@@]12CC[C@H](OCCO)C[C@@H]1N(C(=O)c1cc(F)ccc1Cl)CC2. The van der Waals surface area contributed by atoms with Gasteiger partial charge < -0.3 is 19.5 Å². The Kier molecular flexibility index (Phi) is 5.63. The second-order valence-corrected chi connectivity index (χ2v) is 7.06. The highest BCUT2D eigenvalue weighted by Crippen LogP contribution is 2.44. The maximum Gasteiger partial charge on any atom is 0.255 e. The average Bonchev–Trinajstić information content (AvgIpc) is 3.00. The number of hydrogen-bond acceptors (Lipinski definition) is 4. The van der Waals surface area contributed by atoms with Crippen LogP contribution in [0.5, 0.6) is 0 Å². The summed E-state index contributed by atoms with van der Waals surface area (Å²) in [6, 6.07) is 3.67. The topological polar surface area (TPSA) is 59.0 Å². The number of aliphatic hydroxyl groups is 1. The first-order valence-corrected chi connectivity index (χ1v) is 8.92. The molecule has 1 aliphatic carbocycles. The average molecular weight is 372 g/mol. The van der Waals surface area contributed by atoms with Crippen LogP contribution in [0.3, 0.4) is 0 Å². The van der Waals surface area contributed by atoms with Gasteiger partial charge in [-0.3, -0.25) is 4.79 Å². The first kappa shape index (κ1) is 18.6. The lowest BCUT2D eigenvalue weighted by Gasteiger charge is -2.43. The van der Waals surface area contributed by atoms with Gasteiger partial charge in [0.05, 0.1) is 41.5 Å². The van der Waals surface area contributed by atoms with E-state index in [-0.39, 0.29) is 41.9 Å². The van der Waals surface area contributed by atoms with Gasteiger partial charge in [0.1, 0.15) is 5.82 Å². The molecule has 0 unspecified atom stereocenters. The van der Waals surface area contributed by atoms with Crippen LogP contribution in [0.15, 0.2) is 18.2 Å². The molecule has 1 N–H and O–H groups in total. The van der Waals surface area contributed by atoms with Gasteiger partial charge in [-0.15, -0.1) is 0 Å². The van der Waals surface area contributed by atoms with Gasteiger partial charge in [0, 0.05) is 13.7 Å². The maximum absolute atomic E-state index is 13.6. The van der Waals surface area contributed by atoms with Crippen molar-refractivity contribution in [1.82, 2.24) is 4.90 Å². The van der Waals surface area contributed by atoms with Crippen molar-refractivity contribution in [2.45, 2.75) is 43.4 Å². The lowest BCUT2D eigenvalue weighted by atomic mass is 9.79. The Hall–Kier alpha value is -1.21. The van der Waals surface area contributed by atoms with Crippen molar-refractivity contribution < 1.29 is 23.8 Å². The van der Waals surface area contributed by atoms with Gasteiger partial charge in [-0.25, -0.2) is 4.39 Å². The third-order valence-electron chi connectivity index (χ3n) is 5.41. The minimum atomic E-state index is -0.488. The summed E-state index contributed by atoms with van der Waals surface area (Å²) in [7, 11) is 1.67. The lowest BCUT2D eigenvalue weighted by Crippen LogP contribution is -2.53. The predicted molar refractivity (Wildman–Crippen MR) is 91.3 cm³/mol. The Bertz CT molecular complexity index is 644. The Morgan fingerprint density at radius 1 is 1.48 bits per heavy atom. The fourth-order valence-electron chi connectivity index (χ4n) is 4.09. The first-order chi connectivity index (χ1) is 12.0. The minimum Gasteiger partial charge on any atom is -0.394 e. The molecular weight excluding hydrogens is 349 g/mol. The monoisotopic (exact) mass is 371 g/mol. The van der Waals surface area contributed by atoms with Crippen LogP contribution in [-0.2, 0) is 9.47 Å². The normalized spacial score (nSPS) is 28.9. The van der Waals surface area contributed by atoms with Crippen molar-refractivity contribution in [2.75, 3.05) is 26.9 Å². The Labute approximate surface area is 151 Å². The number of carbonyl (C=O) groups is 1. The molecular formula is C18H23ClFNO4. The van der Waals surface area contributed by atoms with Gasteiger partial charge in [0.25, 0.3) is 5.91 Å². The van der Waals surface area contributed by atoms with Gasteiger partial charge >= 0.3 is 0 Å². The van der Waals surface area contributed by atoms with Crippen molar-refractivity contribution >= 4 is 17.5 Å². The van der Waals surface area contributed by atoms with Crippen LogP contribution in [0.2, 0.25) is 5.02 Å². The quantitative estimate of drug-likeness (QED) is 0.864. The van der Waals surface area contributed by atoms with Crippen molar-refractivity contribution in [3.8, 4) is 0 Å². The second-order valence-electron chi connectivity index (χ2n) is 6.65. The van der Waals surface area contributed by atoms with Crippen LogP contribution in [0.25, 0.3) is 0 Å². The highest BCUT2D eigenvalue weighted by atomic mass is 35.5. The number of benzene rings is 1. The number of rotatable bonds is 5. The van der Waals surface area contributed by atoms with E-state index in [1.165, 1.54) is 18.2 Å². The molecule has 1 aromatic rings. The first-order valence-electron chi connectivity index (χ1n) is 8.54. The number of aliphatic hydroxyl groups excluding tert-OH is 1. The number of hydrogen-bond donors (Lipinski definition) is 1. The fraction of sp³-hybridized carbons (Fsp3) is 0.611. The third-order valence-corrected chi connectivity index (χ3v) is 5.74. The number of ether oxygens (including phenoxy) is 2. The summed E-state index contributed by atoms with van der Waals surface area (Å²) in [6.07, 6.45) is 2.95. The molecule has 1 saturated carbocycles. The molecule has 25 heavy (non-hydrogen) atoms. The zero-order chi connectivity index (χ0) is 18.0. The number of fused-ring (bicyclic) bond motifs is 1. The predicted octanol–water partition coefficient (Wildman–Crippen LogP) is 2.64. The Morgan fingerprint density at radius 2 is 2.28 bits per heavy atom. The van der Waals surface area contributed by atoms with E-state index in [1.54, 1.807) is 12.0 Å². The van der Waals surface area contributed by atoms with Crippen LogP contribution in [0.1, 0.15) is 36.0 Å². The van der Waals surface area contributed by atoms with E-state index in [0.29, 0.717) is 13.0 Å². The number of amides is 1. The summed E-state index contributed by atoms with van der Waals surface area (Å²) in [4.78, 5) is 14.7. The van der Waals surface area contributed by atoms with E-state index in [4.69, 9.17) is 26.2 Å². The molecule has 0 bridgehead atoms. The van der Waals surface area contributed by atoms with Crippen molar-refractivity contribution in [1.29, 1.82) is 0 Å². The molecule has 2 fully saturated rings. The van der Waals surface area contributed by atoms with E-state index < -0.39 is 11.4 Å². The summed E-state index contributed by atoms with van der Waals surface area (Å²) < 4.78 is 25.1. The number of halogens is 2. The zero-order valence-corrected chi connectivity index (χ0v) is 15.0. The molecule has 7 heteroatoms. The molecule has 5 nitrogen and oxygen atoms in total. The van der Waals surface area contributed by atoms with E-state index in [0.717, 1.165) is 19.3 Å². The number of nitrogens with zero attached hydrogens (tertiary/aromatic N) is 1. The van der Waals surface area contributed by atoms with Gasteiger partial charge in [0.15, 0.2) is 0 Å². The van der Waals surface area contributed by atoms with Gasteiger partial charge in [-0.2, -0.15) is 0 Å². The van der Waals surface area contributed by atoms with Crippen LogP contribution in [0, 0.1) is 5.82 Å². The number of likely N-dealkylation sites (tertiary alicyclic amines) is 1. The summed E-state index contributed by atoms with van der Waals surface area (Å²) in [5.74, 6) is -0.769. The van der Waals surface area contributed by atoms with Crippen molar-refractivity contribution in [3.05, 3.63) is 34.6 Å². The smallest absolute Gasteiger partial charge is 0.255 e. The molecule has 0 radical (unpaired) electrons. The molecule has 1 aromatic carbocycles. The molecule has 1 heterocycles. The Balaban J connectivity index is 1.83. The van der Waals surface area contributed by atoms with Crippen molar-refractivity contribution in [3.63, 3.8) is 0 Å². The lowest BCUT2D eigenvalue weighted by molar-refractivity contribution is -0.0992. The van der Waals surface area contributed by atoms with E-state index in [9.17, 15) is 9.18 Å². The molecule has 3 rings (SSSR count). The molecule has 3 atom stereocenters. The van der Waals surface area contributed by atoms with Gasteiger partial charge in [-0.05, 0) is 43.9 Å². The molecule has 1 amide bonds. The fourth-order valence-corrected chi connectivity index (χ4v) is 4.29. The Morgan fingerprint density at radius 3 is 3.00 bits per heavy atom. The zero-order valence-electron chi connectivity index (χ0n) is 14.2. The second kappa shape index (κ2) is 7.58. The number of methoxy groups -OCH3 is 1. The van der Waals surface area contributed by atoms with Crippen LogP contribution < -0.4 is 0 Å². The van der Waals surface area contributed by atoms with Crippen LogP contribution >= 0.6 is 11.6 Å². The summed E-state index contributed by atoms with van der Waals surface area (Å²) in [5, 5.41) is 9.20. The third kappa shape index (κ3) is 3.53. The minimum absolute atomic E-state index is 0.0296. The molecule has 0 aromatic heterocycles. The molecule has 1 aliphatic heterocycles. The summed E-state index contributed by atoms with van der Waals surface area (Å²) >= 11 is 6.11. The largest absolute Gasteiger partial charge is 0.394 e.